The number of nitrogens with zero attached hydrogens (tertiary/aromatic N) is 2. The minimum absolute atomic E-state index is 0.0856. The van der Waals surface area contributed by atoms with Gasteiger partial charge in [-0.1, -0.05) is 28.1 Å². The van der Waals surface area contributed by atoms with Gasteiger partial charge in [0.15, 0.2) is 0 Å². The highest BCUT2D eigenvalue weighted by molar-refractivity contribution is 9.10. The summed E-state index contributed by atoms with van der Waals surface area (Å²) >= 11 is 4.41. The number of sulfone groups is 1. The molecule has 1 aliphatic rings. The first-order valence-corrected chi connectivity index (χ1v) is 14.6. The Bertz CT molecular complexity index is 1510. The molecule has 2 aromatic carbocycles. The molecule has 0 aliphatic carbocycles. The van der Waals surface area contributed by atoms with Crippen molar-refractivity contribution in [3.05, 3.63) is 70.3 Å². The standard InChI is InChI=1S/C25H22BrFN2O4S2/c1-35(31,32)25-28-22(23(34-25)15-5-8-18(27)9-6-15)24(30)29-11-3-2-4-19(29)14-20-13-16-12-17(26)7-10-21(16)33-20/h5-10,12-13,19H,2-4,11,14H2,1H3. The number of amides is 1. The summed E-state index contributed by atoms with van der Waals surface area (Å²) in [7, 11) is -3.62. The summed E-state index contributed by atoms with van der Waals surface area (Å²) < 4.78 is 44.9. The Morgan fingerprint density at radius 1 is 1.20 bits per heavy atom. The maximum atomic E-state index is 13.8. The lowest BCUT2D eigenvalue weighted by atomic mass is 9.97. The zero-order valence-electron chi connectivity index (χ0n) is 18.8. The lowest BCUT2D eigenvalue weighted by Gasteiger charge is -2.35. The average Bonchev–Trinajstić information content (AvgIpc) is 3.43. The number of thiazole rings is 1. The molecule has 0 spiro atoms. The molecule has 1 saturated heterocycles. The largest absolute Gasteiger partial charge is 0.461 e. The molecule has 5 rings (SSSR count). The molecule has 0 N–H and O–H groups in total. The van der Waals surface area contributed by atoms with Crippen LogP contribution in [0.25, 0.3) is 21.4 Å². The number of carbonyl (C=O) groups excluding carboxylic acids is 1. The van der Waals surface area contributed by atoms with Crippen molar-refractivity contribution >= 4 is 54.0 Å². The third-order valence-corrected chi connectivity index (χ3v) is 9.36. The second-order valence-corrected chi connectivity index (χ2v) is 12.8. The predicted molar refractivity (Wildman–Crippen MR) is 137 cm³/mol. The zero-order valence-corrected chi connectivity index (χ0v) is 22.1. The van der Waals surface area contributed by atoms with Crippen molar-refractivity contribution in [1.29, 1.82) is 0 Å². The van der Waals surface area contributed by atoms with E-state index in [1.165, 1.54) is 24.3 Å². The molecule has 1 fully saturated rings. The van der Waals surface area contributed by atoms with Crippen molar-refractivity contribution in [3.8, 4) is 10.4 Å². The van der Waals surface area contributed by atoms with Gasteiger partial charge >= 0.3 is 0 Å². The fourth-order valence-corrected chi connectivity index (χ4v) is 6.71. The Balaban J connectivity index is 1.49. The van der Waals surface area contributed by atoms with Gasteiger partial charge in [0.25, 0.3) is 5.91 Å². The van der Waals surface area contributed by atoms with E-state index < -0.39 is 15.7 Å². The van der Waals surface area contributed by atoms with Crippen molar-refractivity contribution in [2.45, 2.75) is 36.1 Å². The lowest BCUT2D eigenvalue weighted by Crippen LogP contribution is -2.45. The molecule has 10 heteroatoms. The lowest BCUT2D eigenvalue weighted by molar-refractivity contribution is 0.0603. The van der Waals surface area contributed by atoms with Gasteiger partial charge in [0.1, 0.15) is 22.9 Å². The Kier molecular flexibility index (Phi) is 6.54. The van der Waals surface area contributed by atoms with E-state index >= 15 is 0 Å². The van der Waals surface area contributed by atoms with Crippen LogP contribution >= 0.6 is 27.3 Å². The molecule has 0 radical (unpaired) electrons. The summed E-state index contributed by atoms with van der Waals surface area (Å²) in [6.07, 6.45) is 4.26. The van der Waals surface area contributed by atoms with Crippen molar-refractivity contribution in [2.24, 2.45) is 0 Å². The number of aromatic nitrogens is 1. The van der Waals surface area contributed by atoms with Crippen LogP contribution < -0.4 is 0 Å². The van der Waals surface area contributed by atoms with Gasteiger partial charge < -0.3 is 9.32 Å². The van der Waals surface area contributed by atoms with Crippen LogP contribution in [-0.4, -0.2) is 43.1 Å². The summed E-state index contributed by atoms with van der Waals surface area (Å²) in [6.45, 7) is 0.546. The Morgan fingerprint density at radius 2 is 1.97 bits per heavy atom. The second kappa shape index (κ2) is 9.48. The van der Waals surface area contributed by atoms with Crippen LogP contribution in [0.3, 0.4) is 0 Å². The fraction of sp³-hybridized carbons (Fsp3) is 0.280. The van der Waals surface area contributed by atoms with Gasteiger partial charge in [-0.15, -0.1) is 11.3 Å². The van der Waals surface area contributed by atoms with Gasteiger partial charge in [0.05, 0.1) is 4.88 Å². The van der Waals surface area contributed by atoms with Crippen LogP contribution in [0.5, 0.6) is 0 Å². The van der Waals surface area contributed by atoms with Gasteiger partial charge in [-0.05, 0) is 61.2 Å². The molecule has 0 bridgehead atoms. The Morgan fingerprint density at radius 3 is 2.71 bits per heavy atom. The quantitative estimate of drug-likeness (QED) is 0.287. The summed E-state index contributed by atoms with van der Waals surface area (Å²) in [6, 6.07) is 13.3. The summed E-state index contributed by atoms with van der Waals surface area (Å²) in [4.78, 5) is 20.2. The van der Waals surface area contributed by atoms with E-state index in [0.29, 0.717) is 23.4 Å². The van der Waals surface area contributed by atoms with Crippen molar-refractivity contribution < 1.29 is 22.0 Å². The van der Waals surface area contributed by atoms with Crippen LogP contribution in [0.4, 0.5) is 4.39 Å². The third kappa shape index (κ3) is 5.05. The molecule has 0 saturated carbocycles. The van der Waals surface area contributed by atoms with Crippen LogP contribution in [0, 0.1) is 5.82 Å². The number of rotatable bonds is 5. The van der Waals surface area contributed by atoms with Gasteiger partial charge in [-0.3, -0.25) is 4.79 Å². The molecule has 4 aromatic rings. The molecule has 3 heterocycles. The number of hydrogen-bond donors (Lipinski definition) is 0. The maximum absolute atomic E-state index is 13.8. The molecule has 182 valence electrons. The highest BCUT2D eigenvalue weighted by Gasteiger charge is 2.33. The molecule has 1 unspecified atom stereocenters. The number of benzene rings is 2. The van der Waals surface area contributed by atoms with E-state index in [9.17, 15) is 17.6 Å². The summed E-state index contributed by atoms with van der Waals surface area (Å²) in [5, 5.41) is 0.985. The topological polar surface area (TPSA) is 80.5 Å². The number of fused-ring (bicyclic) bond motifs is 1. The number of halogens is 2. The normalized spacial score (nSPS) is 16.7. The smallest absolute Gasteiger partial charge is 0.274 e. The predicted octanol–water partition coefficient (Wildman–Crippen LogP) is 6.10. The number of furan rings is 1. The van der Waals surface area contributed by atoms with E-state index in [-0.39, 0.29) is 22.0 Å². The Labute approximate surface area is 214 Å². The van der Waals surface area contributed by atoms with E-state index in [0.717, 1.165) is 58.1 Å². The highest BCUT2D eigenvalue weighted by Crippen LogP contribution is 2.35. The first-order chi connectivity index (χ1) is 16.7. The van der Waals surface area contributed by atoms with Gasteiger partial charge in [-0.25, -0.2) is 17.8 Å². The minimum atomic E-state index is -3.62. The average molecular weight is 577 g/mol. The zero-order chi connectivity index (χ0) is 24.7. The second-order valence-electron chi connectivity index (χ2n) is 8.68. The number of piperidine rings is 1. The molecule has 1 amide bonds. The van der Waals surface area contributed by atoms with E-state index in [2.05, 4.69) is 20.9 Å². The molecule has 35 heavy (non-hydrogen) atoms. The van der Waals surface area contributed by atoms with Crippen LogP contribution in [0.15, 0.2) is 61.8 Å². The summed E-state index contributed by atoms with van der Waals surface area (Å²) in [5.74, 6) is 0.0547. The molecular weight excluding hydrogens is 555 g/mol. The van der Waals surface area contributed by atoms with Crippen LogP contribution in [0.2, 0.25) is 0 Å². The fourth-order valence-electron chi connectivity index (χ4n) is 4.42. The van der Waals surface area contributed by atoms with Crippen molar-refractivity contribution in [2.75, 3.05) is 12.8 Å². The van der Waals surface area contributed by atoms with Gasteiger partial charge in [0, 0.05) is 35.1 Å². The molecule has 1 atom stereocenters. The number of hydrogen-bond acceptors (Lipinski definition) is 6. The van der Waals surface area contributed by atoms with E-state index in [4.69, 9.17) is 4.42 Å². The number of carbonyl (C=O) groups is 1. The van der Waals surface area contributed by atoms with Crippen molar-refractivity contribution in [1.82, 2.24) is 9.88 Å². The Hall–Kier alpha value is -2.56. The minimum Gasteiger partial charge on any atom is -0.461 e. The van der Waals surface area contributed by atoms with Crippen LogP contribution in [-0.2, 0) is 16.3 Å². The SMILES string of the molecule is CS(=O)(=O)c1nc(C(=O)N2CCCCC2Cc2cc3cc(Br)ccc3o2)c(-c2ccc(F)cc2)s1. The van der Waals surface area contributed by atoms with Gasteiger partial charge in [-0.2, -0.15) is 0 Å². The molecular formula is C25H22BrFN2O4S2. The van der Waals surface area contributed by atoms with E-state index in [1.807, 2.05) is 24.3 Å². The van der Waals surface area contributed by atoms with Crippen LogP contribution in [0.1, 0.15) is 35.5 Å². The maximum Gasteiger partial charge on any atom is 0.274 e. The van der Waals surface area contributed by atoms with Crippen molar-refractivity contribution in [3.63, 3.8) is 0 Å². The monoisotopic (exact) mass is 576 g/mol. The first kappa shape index (κ1) is 24.1. The molecule has 6 nitrogen and oxygen atoms in total. The van der Waals surface area contributed by atoms with Gasteiger partial charge in [0.2, 0.25) is 14.2 Å². The third-order valence-electron chi connectivity index (χ3n) is 6.09. The molecule has 1 aliphatic heterocycles. The molecule has 2 aromatic heterocycles. The first-order valence-electron chi connectivity index (χ1n) is 11.1. The van der Waals surface area contributed by atoms with E-state index in [1.54, 1.807) is 4.90 Å². The highest BCUT2D eigenvalue weighted by atomic mass is 79.9. The summed E-state index contributed by atoms with van der Waals surface area (Å²) in [5.41, 5.74) is 1.42. The number of likely N-dealkylation sites (tertiary alicyclic amines) is 1.